The molecule has 2 aliphatic rings. The quantitative estimate of drug-likeness (QED) is 0.179. The number of nitrogens with zero attached hydrogens (tertiary/aromatic N) is 1. The van der Waals surface area contributed by atoms with Crippen molar-refractivity contribution in [1.29, 1.82) is 0 Å². The second kappa shape index (κ2) is 11.2. The first-order valence-corrected chi connectivity index (χ1v) is 17.9. The molecule has 0 atom stereocenters. The molecule has 0 aliphatic heterocycles. The molecule has 0 amide bonds. The summed E-state index contributed by atoms with van der Waals surface area (Å²) in [5.41, 5.74) is 16.1. The average Bonchev–Trinajstić information content (AvgIpc) is 3.60. The van der Waals surface area contributed by atoms with Gasteiger partial charge in [0.05, 0.1) is 5.41 Å². The average molecular weight is 652 g/mol. The lowest BCUT2D eigenvalue weighted by Gasteiger charge is -2.34. The molecular weight excluding hydrogens is 615 g/mol. The second-order valence-corrected chi connectivity index (χ2v) is 14.5. The van der Waals surface area contributed by atoms with E-state index < -0.39 is 5.41 Å². The standard InChI is InChI=1S/C50H37N/c1-49(2)45-25-15-14-24-41(45)42-28-26-40(33-47(42)49)51(38-22-10-5-11-23-38)39-27-29-46-44(32-39)43-30-34-16-12-13-17-35(34)31-48(43)50(46,36-18-6-3-7-19-36)37-20-8-4-9-21-37/h3-33H,1-2H3. The molecule has 0 fully saturated rings. The van der Waals surface area contributed by atoms with Gasteiger partial charge in [-0.15, -0.1) is 0 Å². The lowest BCUT2D eigenvalue weighted by atomic mass is 9.67. The summed E-state index contributed by atoms with van der Waals surface area (Å²) >= 11 is 0. The van der Waals surface area contributed by atoms with Crippen LogP contribution in [-0.2, 0) is 10.8 Å². The summed E-state index contributed by atoms with van der Waals surface area (Å²) in [6.45, 7) is 4.72. The number of hydrogen-bond acceptors (Lipinski definition) is 1. The van der Waals surface area contributed by atoms with E-state index in [2.05, 4.69) is 207 Å². The molecule has 0 bridgehead atoms. The van der Waals surface area contributed by atoms with Gasteiger partial charge in [0.1, 0.15) is 0 Å². The number of para-hydroxylation sites is 1. The maximum Gasteiger partial charge on any atom is 0.0713 e. The Morgan fingerprint density at radius 1 is 0.333 bits per heavy atom. The van der Waals surface area contributed by atoms with Crippen molar-refractivity contribution in [2.75, 3.05) is 4.90 Å². The lowest BCUT2D eigenvalue weighted by molar-refractivity contribution is 0.660. The molecule has 0 spiro atoms. The third-order valence-electron chi connectivity index (χ3n) is 11.5. The number of hydrogen-bond donors (Lipinski definition) is 0. The van der Waals surface area contributed by atoms with Crippen LogP contribution >= 0.6 is 0 Å². The van der Waals surface area contributed by atoms with Gasteiger partial charge in [-0.2, -0.15) is 0 Å². The second-order valence-electron chi connectivity index (χ2n) is 14.5. The molecule has 10 rings (SSSR count). The smallest absolute Gasteiger partial charge is 0.0713 e. The molecule has 0 heterocycles. The highest BCUT2D eigenvalue weighted by Crippen LogP contribution is 2.58. The Morgan fingerprint density at radius 3 is 1.57 bits per heavy atom. The van der Waals surface area contributed by atoms with Gasteiger partial charge in [-0.3, -0.25) is 0 Å². The summed E-state index contributed by atoms with van der Waals surface area (Å²) < 4.78 is 0. The fraction of sp³-hybridized carbons (Fsp3) is 0.0800. The number of anilines is 3. The molecule has 8 aromatic carbocycles. The molecule has 0 N–H and O–H groups in total. The summed E-state index contributed by atoms with van der Waals surface area (Å²) in [4.78, 5) is 2.44. The van der Waals surface area contributed by atoms with E-state index in [0.717, 1.165) is 17.1 Å². The highest BCUT2D eigenvalue weighted by atomic mass is 15.1. The number of fused-ring (bicyclic) bond motifs is 7. The third kappa shape index (κ3) is 4.28. The van der Waals surface area contributed by atoms with Gasteiger partial charge in [-0.1, -0.05) is 153 Å². The van der Waals surface area contributed by atoms with E-state index in [0.29, 0.717) is 0 Å². The number of benzene rings is 8. The van der Waals surface area contributed by atoms with Crippen molar-refractivity contribution in [3.05, 3.63) is 221 Å². The van der Waals surface area contributed by atoms with Crippen molar-refractivity contribution in [2.45, 2.75) is 24.7 Å². The first-order valence-electron chi connectivity index (χ1n) is 17.9. The Labute approximate surface area is 300 Å². The van der Waals surface area contributed by atoms with Gasteiger partial charge >= 0.3 is 0 Å². The number of rotatable bonds is 5. The Hall–Kier alpha value is -6.18. The Balaban J connectivity index is 1.24. The van der Waals surface area contributed by atoms with Crippen LogP contribution in [0.3, 0.4) is 0 Å². The Morgan fingerprint density at radius 2 is 0.863 bits per heavy atom. The first-order chi connectivity index (χ1) is 25.0. The van der Waals surface area contributed by atoms with E-state index in [-0.39, 0.29) is 5.41 Å². The van der Waals surface area contributed by atoms with Crippen LogP contribution in [0.5, 0.6) is 0 Å². The largest absolute Gasteiger partial charge is 0.310 e. The minimum atomic E-state index is -0.462. The lowest BCUT2D eigenvalue weighted by Crippen LogP contribution is -2.28. The van der Waals surface area contributed by atoms with Gasteiger partial charge in [-0.05, 0) is 115 Å². The Kier molecular flexibility index (Phi) is 6.51. The SMILES string of the molecule is CC1(C)c2ccccc2-c2ccc(N(c3ccccc3)c3ccc4c(c3)-c3cc5ccccc5cc3C4(c3ccccc3)c3ccccc3)cc21. The van der Waals surface area contributed by atoms with Gasteiger partial charge in [0, 0.05) is 22.5 Å². The molecule has 0 radical (unpaired) electrons. The van der Waals surface area contributed by atoms with E-state index in [1.54, 1.807) is 0 Å². The van der Waals surface area contributed by atoms with Crippen LogP contribution in [0.1, 0.15) is 47.2 Å². The van der Waals surface area contributed by atoms with Crippen LogP contribution < -0.4 is 4.90 Å². The van der Waals surface area contributed by atoms with Crippen molar-refractivity contribution in [2.24, 2.45) is 0 Å². The molecule has 51 heavy (non-hydrogen) atoms. The predicted molar refractivity (Wildman–Crippen MR) is 213 cm³/mol. The van der Waals surface area contributed by atoms with Crippen molar-refractivity contribution in [1.82, 2.24) is 0 Å². The molecule has 1 heteroatoms. The van der Waals surface area contributed by atoms with E-state index >= 15 is 0 Å². The summed E-state index contributed by atoms with van der Waals surface area (Å²) in [6.07, 6.45) is 0. The summed E-state index contributed by atoms with van der Waals surface area (Å²) in [7, 11) is 0. The van der Waals surface area contributed by atoms with Gasteiger partial charge in [0.25, 0.3) is 0 Å². The van der Waals surface area contributed by atoms with Crippen molar-refractivity contribution < 1.29 is 0 Å². The fourth-order valence-electron chi connectivity index (χ4n) is 9.16. The summed E-state index contributed by atoms with van der Waals surface area (Å²) in [6, 6.07) is 69.8. The first kappa shape index (κ1) is 29.7. The van der Waals surface area contributed by atoms with Gasteiger partial charge in [0.15, 0.2) is 0 Å². The van der Waals surface area contributed by atoms with Crippen molar-refractivity contribution in [3.63, 3.8) is 0 Å². The van der Waals surface area contributed by atoms with E-state index in [4.69, 9.17) is 0 Å². The van der Waals surface area contributed by atoms with E-state index in [1.807, 2.05) is 0 Å². The summed E-state index contributed by atoms with van der Waals surface area (Å²) in [5, 5.41) is 2.51. The van der Waals surface area contributed by atoms with Crippen LogP contribution in [-0.4, -0.2) is 0 Å². The predicted octanol–water partition coefficient (Wildman–Crippen LogP) is 13.0. The van der Waals surface area contributed by atoms with E-state index in [1.165, 1.54) is 66.4 Å². The van der Waals surface area contributed by atoms with E-state index in [9.17, 15) is 0 Å². The minimum absolute atomic E-state index is 0.0901. The van der Waals surface area contributed by atoms with Gasteiger partial charge in [-0.25, -0.2) is 0 Å². The molecule has 1 nitrogen and oxygen atoms in total. The highest BCUT2D eigenvalue weighted by molar-refractivity contribution is 5.97. The van der Waals surface area contributed by atoms with Crippen LogP contribution in [0, 0.1) is 0 Å². The zero-order valence-corrected chi connectivity index (χ0v) is 28.8. The maximum absolute atomic E-state index is 2.44. The van der Waals surface area contributed by atoms with Crippen LogP contribution in [0.4, 0.5) is 17.1 Å². The molecule has 2 aliphatic carbocycles. The molecular formula is C50H37N. The molecule has 0 saturated carbocycles. The maximum atomic E-state index is 2.44. The van der Waals surface area contributed by atoms with Crippen molar-refractivity contribution >= 4 is 27.8 Å². The fourth-order valence-corrected chi connectivity index (χ4v) is 9.16. The molecule has 0 saturated heterocycles. The normalized spacial score (nSPS) is 14.4. The summed E-state index contributed by atoms with van der Waals surface area (Å²) in [5.74, 6) is 0. The molecule has 8 aromatic rings. The van der Waals surface area contributed by atoms with Crippen LogP contribution in [0.15, 0.2) is 188 Å². The minimum Gasteiger partial charge on any atom is -0.310 e. The van der Waals surface area contributed by atoms with Crippen molar-refractivity contribution in [3.8, 4) is 22.3 Å². The zero-order valence-electron chi connectivity index (χ0n) is 28.8. The molecule has 0 unspecified atom stereocenters. The highest BCUT2D eigenvalue weighted by Gasteiger charge is 2.46. The third-order valence-corrected chi connectivity index (χ3v) is 11.5. The molecule has 242 valence electrons. The van der Waals surface area contributed by atoms with Crippen LogP contribution in [0.2, 0.25) is 0 Å². The Bertz CT molecular complexity index is 2560. The topological polar surface area (TPSA) is 3.24 Å². The van der Waals surface area contributed by atoms with Gasteiger partial charge < -0.3 is 4.90 Å². The monoisotopic (exact) mass is 651 g/mol. The zero-order chi connectivity index (χ0) is 34.2. The van der Waals surface area contributed by atoms with Gasteiger partial charge in [0.2, 0.25) is 0 Å². The molecule has 0 aromatic heterocycles. The van der Waals surface area contributed by atoms with Crippen LogP contribution in [0.25, 0.3) is 33.0 Å².